The maximum absolute atomic E-state index is 13.7. The van der Waals surface area contributed by atoms with E-state index in [1.54, 1.807) is 29.0 Å². The van der Waals surface area contributed by atoms with E-state index in [2.05, 4.69) is 62.4 Å². The number of rotatable bonds is 10. The van der Waals surface area contributed by atoms with Crippen molar-refractivity contribution in [3.8, 4) is 17.2 Å². The predicted molar refractivity (Wildman–Crippen MR) is 208 cm³/mol. The van der Waals surface area contributed by atoms with Crippen molar-refractivity contribution in [3.63, 3.8) is 0 Å². The number of methoxy groups -OCH3 is 1. The Morgan fingerprint density at radius 1 is 0.679 bits per heavy atom. The second kappa shape index (κ2) is 14.2. The number of aliphatic imine (C=N–C) groups is 2. The third kappa shape index (κ3) is 6.63. The van der Waals surface area contributed by atoms with Crippen LogP contribution in [0.2, 0.25) is 0 Å². The number of benzene rings is 4. The minimum absolute atomic E-state index is 0.0599. The Morgan fingerprint density at radius 2 is 1.21 bits per heavy atom. The molecule has 9 heteroatoms. The van der Waals surface area contributed by atoms with Gasteiger partial charge in [0.05, 0.1) is 54.9 Å². The van der Waals surface area contributed by atoms with Gasteiger partial charge < -0.3 is 24.0 Å². The molecule has 4 aromatic carbocycles. The van der Waals surface area contributed by atoms with Gasteiger partial charge in [-0.05, 0) is 65.8 Å². The molecule has 4 aliphatic rings. The van der Waals surface area contributed by atoms with Crippen LogP contribution in [0.15, 0.2) is 95.2 Å². The molecule has 4 aliphatic heterocycles. The molecule has 0 aliphatic carbocycles. The molecule has 0 fully saturated rings. The summed E-state index contributed by atoms with van der Waals surface area (Å²) in [6.45, 7) is 6.90. The summed E-state index contributed by atoms with van der Waals surface area (Å²) in [5.74, 6) is 1.48. The Kier molecular flexibility index (Phi) is 9.16. The standard InChI is InChI=1S/C44H42N4O5/c1-5-29-9-13-31(14-10-29)33-19-34-23-45-38-21-40(28(3)17-36(38)43(49)47(34)26-33)52-15-6-16-53-42-22-39-37(20-41(42)51-4)44(50)48-25-32(18-35(48)24-46-39)30-11-7-27(2)8-12-30/h7-14,17,20-26,34-35H,5-6,15-16,18-19H2,1-4H3/t34-,35-/m0/s1. The predicted octanol–water partition coefficient (Wildman–Crippen LogP) is 8.67. The largest absolute Gasteiger partial charge is 0.493 e. The van der Waals surface area contributed by atoms with Crippen molar-refractivity contribution < 1.29 is 23.8 Å². The van der Waals surface area contributed by atoms with Gasteiger partial charge in [-0.15, -0.1) is 0 Å². The Balaban J connectivity index is 0.896. The summed E-state index contributed by atoms with van der Waals surface area (Å²) in [7, 11) is 1.56. The van der Waals surface area contributed by atoms with E-state index in [0.29, 0.717) is 65.8 Å². The Labute approximate surface area is 309 Å². The number of nitrogens with zero attached hydrogens (tertiary/aromatic N) is 4. The second-order valence-corrected chi connectivity index (χ2v) is 14.0. The van der Waals surface area contributed by atoms with Crippen LogP contribution in [0.5, 0.6) is 17.2 Å². The summed E-state index contributed by atoms with van der Waals surface area (Å²) >= 11 is 0. The zero-order chi connectivity index (χ0) is 36.6. The van der Waals surface area contributed by atoms with Gasteiger partial charge in [-0.25, -0.2) is 0 Å². The van der Waals surface area contributed by atoms with Crippen LogP contribution < -0.4 is 14.2 Å². The minimum atomic E-state index is -0.158. The Morgan fingerprint density at radius 3 is 1.77 bits per heavy atom. The van der Waals surface area contributed by atoms with Gasteiger partial charge in [0.1, 0.15) is 5.75 Å². The van der Waals surface area contributed by atoms with Gasteiger partial charge in [-0.3, -0.25) is 19.6 Å². The second-order valence-electron chi connectivity index (χ2n) is 14.0. The van der Waals surface area contributed by atoms with E-state index in [-0.39, 0.29) is 23.9 Å². The van der Waals surface area contributed by atoms with Crippen LogP contribution in [-0.2, 0) is 6.42 Å². The zero-order valence-corrected chi connectivity index (χ0v) is 30.5. The monoisotopic (exact) mass is 706 g/mol. The first-order valence-electron chi connectivity index (χ1n) is 18.2. The number of fused-ring (bicyclic) bond motifs is 4. The molecule has 0 saturated heterocycles. The molecule has 9 nitrogen and oxygen atoms in total. The molecular formula is C44H42N4O5. The molecule has 4 heterocycles. The van der Waals surface area contributed by atoms with Gasteiger partial charge in [-0.1, -0.05) is 61.0 Å². The van der Waals surface area contributed by atoms with Crippen LogP contribution >= 0.6 is 0 Å². The molecule has 2 amide bonds. The molecule has 0 unspecified atom stereocenters. The molecule has 53 heavy (non-hydrogen) atoms. The molecule has 0 aromatic heterocycles. The van der Waals surface area contributed by atoms with Crippen LogP contribution in [0.25, 0.3) is 11.1 Å². The summed E-state index contributed by atoms with van der Waals surface area (Å²) in [6, 6.07) is 23.8. The van der Waals surface area contributed by atoms with Crippen LogP contribution in [0.1, 0.15) is 74.7 Å². The lowest BCUT2D eigenvalue weighted by atomic mass is 10.0. The van der Waals surface area contributed by atoms with E-state index in [1.165, 1.54) is 11.1 Å². The highest BCUT2D eigenvalue weighted by Gasteiger charge is 2.35. The molecule has 0 saturated carbocycles. The number of aryl methyl sites for hydroxylation is 3. The number of carbonyl (C=O) groups excluding carboxylic acids is 2. The van der Waals surface area contributed by atoms with Crippen LogP contribution in [0.3, 0.4) is 0 Å². The highest BCUT2D eigenvalue weighted by atomic mass is 16.5. The number of hydrogen-bond donors (Lipinski definition) is 0. The van der Waals surface area contributed by atoms with Gasteiger partial charge in [0.25, 0.3) is 11.8 Å². The van der Waals surface area contributed by atoms with Gasteiger partial charge in [-0.2, -0.15) is 0 Å². The van der Waals surface area contributed by atoms with Crippen molar-refractivity contribution in [3.05, 3.63) is 124 Å². The van der Waals surface area contributed by atoms with E-state index in [4.69, 9.17) is 24.2 Å². The summed E-state index contributed by atoms with van der Waals surface area (Å²) in [5.41, 5.74) is 10.0. The number of ether oxygens (including phenoxy) is 3. The maximum Gasteiger partial charge on any atom is 0.260 e. The van der Waals surface area contributed by atoms with Crippen molar-refractivity contribution in [1.29, 1.82) is 0 Å². The van der Waals surface area contributed by atoms with Crippen LogP contribution in [0, 0.1) is 13.8 Å². The molecule has 0 bridgehead atoms. The van der Waals surface area contributed by atoms with E-state index >= 15 is 0 Å². The average molecular weight is 707 g/mol. The average Bonchev–Trinajstić information content (AvgIpc) is 3.76. The molecule has 268 valence electrons. The first-order chi connectivity index (χ1) is 25.8. The summed E-state index contributed by atoms with van der Waals surface area (Å²) in [5, 5.41) is 0. The van der Waals surface area contributed by atoms with Crippen molar-refractivity contribution in [2.45, 2.75) is 58.5 Å². The Hall–Kier alpha value is -5.96. The molecule has 0 radical (unpaired) electrons. The van der Waals surface area contributed by atoms with Crippen LogP contribution in [-0.4, -0.2) is 66.5 Å². The lowest BCUT2D eigenvalue weighted by Crippen LogP contribution is -2.32. The van der Waals surface area contributed by atoms with Crippen molar-refractivity contribution in [1.82, 2.24) is 9.80 Å². The normalized spacial score (nSPS) is 18.4. The van der Waals surface area contributed by atoms with Crippen molar-refractivity contribution >= 4 is 46.8 Å². The third-order valence-electron chi connectivity index (χ3n) is 10.4. The van der Waals surface area contributed by atoms with Gasteiger partial charge in [0.15, 0.2) is 11.5 Å². The van der Waals surface area contributed by atoms with Crippen LogP contribution in [0.4, 0.5) is 11.4 Å². The molecule has 0 N–H and O–H groups in total. The highest BCUT2D eigenvalue weighted by molar-refractivity contribution is 6.06. The highest BCUT2D eigenvalue weighted by Crippen LogP contribution is 2.40. The number of amides is 2. The molecule has 0 spiro atoms. The van der Waals surface area contributed by atoms with Gasteiger partial charge in [0.2, 0.25) is 0 Å². The number of carbonyl (C=O) groups is 2. The summed E-state index contributed by atoms with van der Waals surface area (Å²) in [4.78, 5) is 40.4. The minimum Gasteiger partial charge on any atom is -0.493 e. The van der Waals surface area contributed by atoms with E-state index in [0.717, 1.165) is 40.7 Å². The fourth-order valence-corrected chi connectivity index (χ4v) is 7.30. The van der Waals surface area contributed by atoms with Crippen molar-refractivity contribution in [2.24, 2.45) is 9.98 Å². The summed E-state index contributed by atoms with van der Waals surface area (Å²) < 4.78 is 18.0. The first kappa shape index (κ1) is 34.1. The fraction of sp³-hybridized carbons (Fsp3) is 0.273. The smallest absolute Gasteiger partial charge is 0.260 e. The van der Waals surface area contributed by atoms with Crippen molar-refractivity contribution in [2.75, 3.05) is 20.3 Å². The first-order valence-corrected chi connectivity index (χ1v) is 18.2. The van der Waals surface area contributed by atoms with Gasteiger partial charge >= 0.3 is 0 Å². The summed E-state index contributed by atoms with van der Waals surface area (Å²) in [6.07, 6.45) is 10.6. The van der Waals surface area contributed by atoms with E-state index in [9.17, 15) is 9.59 Å². The fourth-order valence-electron chi connectivity index (χ4n) is 7.30. The molecule has 4 aromatic rings. The van der Waals surface area contributed by atoms with E-state index in [1.807, 2.05) is 43.9 Å². The van der Waals surface area contributed by atoms with E-state index < -0.39 is 0 Å². The molecular weight excluding hydrogens is 665 g/mol. The van der Waals surface area contributed by atoms with Gasteiger partial charge in [0, 0.05) is 56.2 Å². The lowest BCUT2D eigenvalue weighted by Gasteiger charge is -2.19. The lowest BCUT2D eigenvalue weighted by molar-refractivity contribution is 0.0809. The molecule has 2 atom stereocenters. The zero-order valence-electron chi connectivity index (χ0n) is 30.5. The number of hydrogen-bond acceptors (Lipinski definition) is 7. The SMILES string of the molecule is CCc1ccc(C2=CN3C(=O)c4cc(C)c(OCCCOc5cc6c(cc5OC)C(=O)N5C=C(c7ccc(C)cc7)C[C@H]5C=N6)cc4N=C[C@@H]3C2)cc1. The Bertz CT molecular complexity index is 2220. The third-order valence-corrected chi connectivity index (χ3v) is 10.4. The maximum atomic E-state index is 13.7. The quantitative estimate of drug-likeness (QED) is 0.154. The molecule has 8 rings (SSSR count). The topological polar surface area (TPSA) is 93.0 Å².